The molecule has 14 nitrogen and oxygen atoms in total. The summed E-state index contributed by atoms with van der Waals surface area (Å²) in [5.41, 5.74) is -0.954. The highest BCUT2D eigenvalue weighted by Crippen LogP contribution is 2.46. The van der Waals surface area contributed by atoms with Crippen LogP contribution in [0.3, 0.4) is 0 Å². The van der Waals surface area contributed by atoms with E-state index < -0.39 is 90.8 Å². The number of rotatable bonds is 5. The first-order valence-corrected chi connectivity index (χ1v) is 12.3. The highest BCUT2D eigenvalue weighted by molar-refractivity contribution is 5.88. The van der Waals surface area contributed by atoms with Crippen LogP contribution in [0.5, 0.6) is 17.2 Å². The van der Waals surface area contributed by atoms with Gasteiger partial charge in [-0.25, -0.2) is 0 Å². The SMILES string of the molecule is O=c1cc(-c2ccc(O)cc2)oc2cc(O)c([C@@H]3O[C@H](CO)[C@@H](O)[C@H](O)[C@H]3O[C@@H]3CO[C@@H](O)[C@@H](O)[C@@H]3O)c(O)c12. The topological polar surface area (TPSA) is 240 Å². The summed E-state index contributed by atoms with van der Waals surface area (Å²) < 4.78 is 22.1. The normalized spacial score (nSPS) is 32.8. The predicted molar refractivity (Wildman–Crippen MR) is 132 cm³/mol. The van der Waals surface area contributed by atoms with Crippen molar-refractivity contribution in [2.75, 3.05) is 13.2 Å². The third-order valence-electron chi connectivity index (χ3n) is 7.10. The van der Waals surface area contributed by atoms with Crippen molar-refractivity contribution in [1.82, 2.24) is 0 Å². The molecule has 0 saturated carbocycles. The Morgan fingerprint density at radius 3 is 2.27 bits per heavy atom. The average molecular weight is 564 g/mol. The molecule has 2 aromatic carbocycles. The van der Waals surface area contributed by atoms with Gasteiger partial charge in [0.25, 0.3) is 0 Å². The van der Waals surface area contributed by atoms with Crippen molar-refractivity contribution in [2.24, 2.45) is 0 Å². The molecule has 9 atom stereocenters. The lowest BCUT2D eigenvalue weighted by Crippen LogP contribution is -2.60. The summed E-state index contributed by atoms with van der Waals surface area (Å²) in [7, 11) is 0. The summed E-state index contributed by atoms with van der Waals surface area (Å²) in [5, 5.41) is 92.3. The Labute approximate surface area is 225 Å². The lowest BCUT2D eigenvalue weighted by Gasteiger charge is -2.45. The Kier molecular flexibility index (Phi) is 7.71. The molecule has 2 aliphatic rings. The molecule has 3 aromatic rings. The van der Waals surface area contributed by atoms with Crippen LogP contribution in [0.15, 0.2) is 45.6 Å². The van der Waals surface area contributed by atoms with Gasteiger partial charge in [-0.05, 0) is 24.3 Å². The molecule has 5 rings (SSSR count). The number of ether oxygens (including phenoxy) is 3. The highest BCUT2D eigenvalue weighted by Gasteiger charge is 2.50. The van der Waals surface area contributed by atoms with Gasteiger partial charge in [0.2, 0.25) is 0 Å². The molecule has 3 heterocycles. The number of phenols is 3. The molecule has 2 fully saturated rings. The first-order valence-electron chi connectivity index (χ1n) is 12.3. The molecule has 14 heteroatoms. The largest absolute Gasteiger partial charge is 0.508 e. The Morgan fingerprint density at radius 1 is 0.900 bits per heavy atom. The van der Waals surface area contributed by atoms with Gasteiger partial charge >= 0.3 is 0 Å². The minimum Gasteiger partial charge on any atom is -0.508 e. The number of fused-ring (bicyclic) bond motifs is 1. The van der Waals surface area contributed by atoms with E-state index in [1.54, 1.807) is 0 Å². The molecule has 0 unspecified atom stereocenters. The molecule has 216 valence electrons. The highest BCUT2D eigenvalue weighted by atomic mass is 16.6. The van der Waals surface area contributed by atoms with Gasteiger partial charge in [0.15, 0.2) is 11.7 Å². The minimum absolute atomic E-state index is 0.0115. The van der Waals surface area contributed by atoms with E-state index in [2.05, 4.69) is 0 Å². The van der Waals surface area contributed by atoms with Crippen LogP contribution < -0.4 is 5.43 Å². The van der Waals surface area contributed by atoms with Gasteiger partial charge in [-0.2, -0.15) is 0 Å². The van der Waals surface area contributed by atoms with Crippen LogP contribution in [0.4, 0.5) is 0 Å². The number of aromatic hydroxyl groups is 3. The summed E-state index contributed by atoms with van der Waals surface area (Å²) in [6, 6.07) is 7.86. The van der Waals surface area contributed by atoms with Crippen molar-refractivity contribution in [3.63, 3.8) is 0 Å². The Bertz CT molecular complexity index is 1420. The van der Waals surface area contributed by atoms with Crippen LogP contribution in [0, 0.1) is 0 Å². The molecule has 0 amide bonds. The van der Waals surface area contributed by atoms with Gasteiger partial charge < -0.3 is 64.6 Å². The van der Waals surface area contributed by atoms with Crippen LogP contribution in [0.1, 0.15) is 11.7 Å². The molecule has 0 spiro atoms. The summed E-state index contributed by atoms with van der Waals surface area (Å²) in [4.78, 5) is 13.1. The lowest BCUT2D eigenvalue weighted by molar-refractivity contribution is -0.300. The molecule has 9 N–H and O–H groups in total. The first-order chi connectivity index (χ1) is 19.0. The van der Waals surface area contributed by atoms with Gasteiger partial charge in [-0.3, -0.25) is 4.79 Å². The van der Waals surface area contributed by atoms with Crippen LogP contribution in [-0.4, -0.2) is 108 Å². The summed E-state index contributed by atoms with van der Waals surface area (Å²) in [5.74, 6) is -1.39. The Morgan fingerprint density at radius 2 is 1.60 bits per heavy atom. The fraction of sp³-hybridized carbons (Fsp3) is 0.423. The van der Waals surface area contributed by atoms with Gasteiger partial charge in [0.05, 0.1) is 18.8 Å². The summed E-state index contributed by atoms with van der Waals surface area (Å²) >= 11 is 0. The second-order valence-corrected chi connectivity index (χ2v) is 9.66. The quantitative estimate of drug-likeness (QED) is 0.172. The second-order valence-electron chi connectivity index (χ2n) is 9.66. The zero-order chi connectivity index (χ0) is 28.9. The van der Waals surface area contributed by atoms with Gasteiger partial charge in [-0.15, -0.1) is 0 Å². The van der Waals surface area contributed by atoms with Crippen LogP contribution in [-0.2, 0) is 14.2 Å². The van der Waals surface area contributed by atoms with E-state index in [0.29, 0.717) is 5.56 Å². The first kappa shape index (κ1) is 28.2. The van der Waals surface area contributed by atoms with Gasteiger partial charge in [0, 0.05) is 17.7 Å². The van der Waals surface area contributed by atoms with Crippen molar-refractivity contribution in [3.05, 3.63) is 52.2 Å². The van der Waals surface area contributed by atoms with Crippen molar-refractivity contribution in [2.45, 2.75) is 55.1 Å². The Hall–Kier alpha value is -3.31. The van der Waals surface area contributed by atoms with Crippen molar-refractivity contribution in [1.29, 1.82) is 0 Å². The average Bonchev–Trinajstić information content (AvgIpc) is 2.92. The van der Waals surface area contributed by atoms with Crippen molar-refractivity contribution in [3.8, 4) is 28.6 Å². The fourth-order valence-corrected chi connectivity index (χ4v) is 4.93. The maximum atomic E-state index is 13.1. The van der Waals surface area contributed by atoms with Crippen molar-refractivity contribution < 1.29 is 64.6 Å². The van der Waals surface area contributed by atoms with E-state index in [-0.39, 0.29) is 22.5 Å². The number of hydrogen-bond acceptors (Lipinski definition) is 14. The molecule has 40 heavy (non-hydrogen) atoms. The van der Waals surface area contributed by atoms with E-state index in [4.69, 9.17) is 18.6 Å². The molecular formula is C26H28O14. The number of aliphatic hydroxyl groups is 6. The molecule has 0 aliphatic carbocycles. The number of hydrogen-bond donors (Lipinski definition) is 9. The number of phenolic OH excluding ortho intramolecular Hbond substituents is 3. The molecule has 1 aromatic heterocycles. The third kappa shape index (κ3) is 4.89. The fourth-order valence-electron chi connectivity index (χ4n) is 4.93. The Balaban J connectivity index is 1.58. The molecule has 0 radical (unpaired) electrons. The van der Waals surface area contributed by atoms with Crippen molar-refractivity contribution >= 4 is 11.0 Å². The summed E-state index contributed by atoms with van der Waals surface area (Å²) in [6.45, 7) is -1.23. The molecule has 2 aliphatic heterocycles. The predicted octanol–water partition coefficient (Wildman–Crippen LogP) is -1.45. The second kappa shape index (κ2) is 10.9. The number of benzene rings is 2. The smallest absolute Gasteiger partial charge is 0.197 e. The van der Waals surface area contributed by atoms with Crippen LogP contribution in [0.2, 0.25) is 0 Å². The number of aliphatic hydroxyl groups excluding tert-OH is 6. The monoisotopic (exact) mass is 564 g/mol. The minimum atomic E-state index is -1.82. The zero-order valence-electron chi connectivity index (χ0n) is 20.6. The maximum Gasteiger partial charge on any atom is 0.197 e. The van der Waals surface area contributed by atoms with Crippen LogP contribution >= 0.6 is 0 Å². The van der Waals surface area contributed by atoms with Crippen LogP contribution in [0.25, 0.3) is 22.3 Å². The van der Waals surface area contributed by atoms with Gasteiger partial charge in [0.1, 0.15) is 82.8 Å². The standard InChI is InChI=1S/C26H28O14/c27-7-15-19(31)22(34)25(40-16-8-37-26(36)23(35)20(16)32)24(39-15)18-12(30)6-14-17(21(18)33)11(29)5-13(38-14)9-1-3-10(28)4-2-9/h1-6,15-16,19-20,22-28,30-36H,7-8H2/t15-,16-,19-,20-,22+,23+,24+,25-,26-/m1/s1. The third-order valence-corrected chi connectivity index (χ3v) is 7.10. The molecule has 2 saturated heterocycles. The van der Waals surface area contributed by atoms with E-state index >= 15 is 0 Å². The zero-order valence-corrected chi connectivity index (χ0v) is 20.6. The molecular weight excluding hydrogens is 536 g/mol. The van der Waals surface area contributed by atoms with E-state index in [1.807, 2.05) is 0 Å². The van der Waals surface area contributed by atoms with Gasteiger partial charge in [-0.1, -0.05) is 0 Å². The lowest BCUT2D eigenvalue weighted by atomic mass is 9.89. The van der Waals surface area contributed by atoms with E-state index in [1.165, 1.54) is 24.3 Å². The maximum absolute atomic E-state index is 13.1. The van der Waals surface area contributed by atoms with E-state index in [9.17, 15) is 50.8 Å². The van der Waals surface area contributed by atoms with E-state index in [0.717, 1.165) is 12.1 Å². The molecule has 0 bridgehead atoms. The summed E-state index contributed by atoms with van der Waals surface area (Å²) in [6.07, 6.45) is -14.8.